The summed E-state index contributed by atoms with van der Waals surface area (Å²) in [6.07, 6.45) is 3.44. The number of para-hydroxylation sites is 1. The number of nitrogens with one attached hydrogen (secondary N) is 1. The van der Waals surface area contributed by atoms with E-state index in [0.717, 1.165) is 28.5 Å². The molecule has 0 saturated heterocycles. The molecule has 2 aromatic carbocycles. The lowest BCUT2D eigenvalue weighted by Crippen LogP contribution is -2.31. The summed E-state index contributed by atoms with van der Waals surface area (Å²) in [5.74, 6) is 1.36. The highest BCUT2D eigenvalue weighted by molar-refractivity contribution is 6.42. The maximum atomic E-state index is 13.9. The van der Waals surface area contributed by atoms with E-state index < -0.39 is 6.04 Å². The van der Waals surface area contributed by atoms with Crippen LogP contribution in [0.4, 0.5) is 5.82 Å². The molecule has 2 aromatic heterocycles. The molecule has 0 saturated carbocycles. The normalized spacial score (nSPS) is 15.2. The third-order valence-corrected chi connectivity index (χ3v) is 6.32. The van der Waals surface area contributed by atoms with Gasteiger partial charge in [-0.1, -0.05) is 47.5 Å². The molecule has 5 rings (SSSR count). The Morgan fingerprint density at radius 3 is 2.67 bits per heavy atom. The van der Waals surface area contributed by atoms with Gasteiger partial charge in [0.2, 0.25) is 0 Å². The van der Waals surface area contributed by atoms with E-state index in [9.17, 15) is 4.79 Å². The first-order chi connectivity index (χ1) is 16.0. The Balaban J connectivity index is 1.52. The quantitative estimate of drug-likeness (QED) is 0.370. The van der Waals surface area contributed by atoms with Crippen LogP contribution in [0.5, 0.6) is 5.75 Å². The van der Waals surface area contributed by atoms with E-state index in [1.54, 1.807) is 33.8 Å². The van der Waals surface area contributed by atoms with Crippen molar-refractivity contribution in [3.63, 3.8) is 0 Å². The molecule has 1 N–H and O–H groups in total. The molecule has 0 aliphatic carbocycles. The molecule has 0 fully saturated rings. The molecule has 4 aromatic rings. The Kier molecular flexibility index (Phi) is 5.70. The van der Waals surface area contributed by atoms with Crippen LogP contribution in [0.3, 0.4) is 0 Å². The van der Waals surface area contributed by atoms with Crippen molar-refractivity contribution in [1.29, 1.82) is 0 Å². The van der Waals surface area contributed by atoms with Crippen LogP contribution in [-0.2, 0) is 6.61 Å². The molecule has 3 heterocycles. The fraction of sp³-hybridized carbons (Fsp3) is 0.120. The molecule has 0 amide bonds. The van der Waals surface area contributed by atoms with Crippen molar-refractivity contribution in [3.05, 3.63) is 112 Å². The molecule has 166 valence electrons. The van der Waals surface area contributed by atoms with Gasteiger partial charge in [0.15, 0.2) is 0 Å². The van der Waals surface area contributed by atoms with Crippen LogP contribution in [-0.4, -0.2) is 20.3 Å². The molecule has 1 aliphatic heterocycles. The van der Waals surface area contributed by atoms with Gasteiger partial charge in [-0.3, -0.25) is 9.36 Å². The number of nitrogens with zero attached hydrogens (tertiary/aromatic N) is 3. The van der Waals surface area contributed by atoms with E-state index in [1.165, 1.54) is 0 Å². The van der Waals surface area contributed by atoms with E-state index >= 15 is 0 Å². The summed E-state index contributed by atoms with van der Waals surface area (Å²) in [7, 11) is 0. The molecule has 0 radical (unpaired) electrons. The predicted octanol–water partition coefficient (Wildman–Crippen LogP) is 6.20. The minimum atomic E-state index is -0.469. The number of allylic oxidation sites excluding steroid dienone is 2. The van der Waals surface area contributed by atoms with Crippen LogP contribution < -0.4 is 10.1 Å². The van der Waals surface area contributed by atoms with Crippen LogP contribution >= 0.6 is 23.2 Å². The smallest absolute Gasteiger partial charge is 0.262 e. The summed E-state index contributed by atoms with van der Waals surface area (Å²) >= 11 is 12.5. The zero-order valence-electron chi connectivity index (χ0n) is 17.7. The first-order valence-corrected chi connectivity index (χ1v) is 11.1. The molecule has 1 unspecified atom stereocenters. The predicted molar refractivity (Wildman–Crippen MR) is 129 cm³/mol. The lowest BCUT2D eigenvalue weighted by Gasteiger charge is -2.30. The molecule has 1 aliphatic rings. The number of hydrogen-bond acceptors (Lipinski definition) is 4. The number of carbonyl (C=O) groups excluding carboxylic acids is 1. The molecule has 6 nitrogen and oxygen atoms in total. The van der Waals surface area contributed by atoms with E-state index in [0.29, 0.717) is 15.6 Å². The SMILES string of the molecule is CC1=C(C(=O)n2cccc2COc2ccccc2)C(c2ccc(Cl)c(Cl)c2)n2nccc2N1. The van der Waals surface area contributed by atoms with Gasteiger partial charge in [0.05, 0.1) is 27.5 Å². The maximum absolute atomic E-state index is 13.9. The monoisotopic (exact) mass is 478 g/mol. The number of hydrogen-bond donors (Lipinski definition) is 1. The van der Waals surface area contributed by atoms with Crippen molar-refractivity contribution in [3.8, 4) is 5.75 Å². The van der Waals surface area contributed by atoms with E-state index in [-0.39, 0.29) is 12.5 Å². The standard InChI is InChI=1S/C25H20Cl2N4O2/c1-16-23(25(32)30-13-5-6-18(30)15-33-19-7-3-2-4-8-19)24(31-22(29-16)11-12-28-31)17-9-10-20(26)21(27)14-17/h2-14,24,29H,15H2,1H3. The van der Waals surface area contributed by atoms with Crippen molar-refractivity contribution in [2.24, 2.45) is 0 Å². The van der Waals surface area contributed by atoms with Gasteiger partial charge in [-0.15, -0.1) is 0 Å². The maximum Gasteiger partial charge on any atom is 0.262 e. The van der Waals surface area contributed by atoms with Gasteiger partial charge in [0, 0.05) is 18.0 Å². The average Bonchev–Trinajstić information content (AvgIpc) is 3.48. The van der Waals surface area contributed by atoms with Gasteiger partial charge in [-0.2, -0.15) is 5.10 Å². The largest absolute Gasteiger partial charge is 0.487 e. The van der Waals surface area contributed by atoms with Crippen molar-refractivity contribution >= 4 is 34.9 Å². The zero-order chi connectivity index (χ0) is 22.9. The van der Waals surface area contributed by atoms with Crippen LogP contribution in [0, 0.1) is 0 Å². The molecule has 33 heavy (non-hydrogen) atoms. The Labute approximate surface area is 201 Å². The van der Waals surface area contributed by atoms with Crippen molar-refractivity contribution < 1.29 is 9.53 Å². The average molecular weight is 479 g/mol. The summed E-state index contributed by atoms with van der Waals surface area (Å²) in [5, 5.41) is 8.64. The van der Waals surface area contributed by atoms with Crippen LogP contribution in [0.25, 0.3) is 0 Å². The number of ether oxygens (including phenoxy) is 1. The number of benzene rings is 2. The second-order valence-corrected chi connectivity index (χ2v) is 8.49. The van der Waals surface area contributed by atoms with Gasteiger partial charge < -0.3 is 10.1 Å². The number of anilines is 1. The van der Waals surface area contributed by atoms with Gasteiger partial charge in [0.25, 0.3) is 5.91 Å². The highest BCUT2D eigenvalue weighted by Crippen LogP contribution is 2.38. The number of aromatic nitrogens is 3. The van der Waals surface area contributed by atoms with Gasteiger partial charge >= 0.3 is 0 Å². The number of rotatable bonds is 5. The number of carbonyl (C=O) groups is 1. The highest BCUT2D eigenvalue weighted by atomic mass is 35.5. The van der Waals surface area contributed by atoms with Crippen molar-refractivity contribution in [2.45, 2.75) is 19.6 Å². The first kappa shape index (κ1) is 21.4. The second kappa shape index (κ2) is 8.81. The summed E-state index contributed by atoms with van der Waals surface area (Å²) in [5.41, 5.74) is 2.85. The van der Waals surface area contributed by atoms with Crippen LogP contribution in [0.2, 0.25) is 10.0 Å². The highest BCUT2D eigenvalue weighted by Gasteiger charge is 2.34. The minimum Gasteiger partial charge on any atom is -0.487 e. The van der Waals surface area contributed by atoms with Gasteiger partial charge in [-0.05, 0) is 48.9 Å². The zero-order valence-corrected chi connectivity index (χ0v) is 19.2. The topological polar surface area (TPSA) is 61.1 Å². The summed E-state index contributed by atoms with van der Waals surface area (Å²) in [4.78, 5) is 13.9. The van der Waals surface area contributed by atoms with E-state index in [2.05, 4.69) is 10.4 Å². The fourth-order valence-electron chi connectivity index (χ4n) is 4.01. The molecular formula is C25H20Cl2N4O2. The Morgan fingerprint density at radius 1 is 1.06 bits per heavy atom. The molecule has 0 bridgehead atoms. The number of halogens is 2. The third-order valence-electron chi connectivity index (χ3n) is 5.58. The fourth-order valence-corrected chi connectivity index (χ4v) is 4.32. The molecular weight excluding hydrogens is 459 g/mol. The van der Waals surface area contributed by atoms with Gasteiger partial charge in [-0.25, -0.2) is 4.68 Å². The summed E-state index contributed by atoms with van der Waals surface area (Å²) in [6.45, 7) is 2.14. The Bertz CT molecular complexity index is 1360. The van der Waals surface area contributed by atoms with E-state index in [4.69, 9.17) is 27.9 Å². The van der Waals surface area contributed by atoms with Crippen molar-refractivity contribution in [2.75, 3.05) is 5.32 Å². The van der Waals surface area contributed by atoms with Gasteiger partial charge in [0.1, 0.15) is 24.2 Å². The molecule has 1 atom stereocenters. The second-order valence-electron chi connectivity index (χ2n) is 7.68. The Hall–Kier alpha value is -3.48. The lowest BCUT2D eigenvalue weighted by molar-refractivity contribution is 0.0936. The van der Waals surface area contributed by atoms with E-state index in [1.807, 2.05) is 61.5 Å². The molecule has 8 heteroatoms. The van der Waals surface area contributed by atoms with Crippen molar-refractivity contribution in [1.82, 2.24) is 14.3 Å². The summed E-state index contributed by atoms with van der Waals surface area (Å²) < 4.78 is 9.28. The lowest BCUT2D eigenvalue weighted by atomic mass is 9.94. The molecule has 0 spiro atoms. The van der Waals surface area contributed by atoms with Crippen LogP contribution in [0.15, 0.2) is 90.4 Å². The number of fused-ring (bicyclic) bond motifs is 1. The van der Waals surface area contributed by atoms with Crippen LogP contribution in [0.1, 0.15) is 29.0 Å². The Morgan fingerprint density at radius 2 is 1.88 bits per heavy atom. The summed E-state index contributed by atoms with van der Waals surface area (Å²) in [6, 6.07) is 20.0. The minimum absolute atomic E-state index is 0.172. The first-order valence-electron chi connectivity index (χ1n) is 10.4. The third kappa shape index (κ3) is 4.03.